The summed E-state index contributed by atoms with van der Waals surface area (Å²) >= 11 is 0. The van der Waals surface area contributed by atoms with Gasteiger partial charge in [0.05, 0.1) is 0 Å². The first-order chi connectivity index (χ1) is 12.4. The van der Waals surface area contributed by atoms with E-state index in [0.717, 1.165) is 24.6 Å². The molecule has 0 radical (unpaired) electrons. The van der Waals surface area contributed by atoms with Crippen molar-refractivity contribution >= 4 is 12.8 Å². The zero-order valence-corrected chi connectivity index (χ0v) is 19.5. The maximum absolute atomic E-state index is 12.7. The first kappa shape index (κ1) is 25.6. The molecule has 0 spiro atoms. The van der Waals surface area contributed by atoms with Gasteiger partial charge in [-0.25, -0.2) is 0 Å². The molecule has 156 valence electrons. The fraction of sp³-hybridized carbons (Fsp3) is 0.870. The molecule has 26 heavy (non-hydrogen) atoms. The molecule has 0 N–H and O–H groups in total. The number of rotatable bonds is 17. The van der Waals surface area contributed by atoms with E-state index in [4.69, 9.17) is 4.52 Å². The molecular weight excluding hydrogens is 339 g/mol. The van der Waals surface area contributed by atoms with Gasteiger partial charge in [0.25, 0.3) is 0 Å². The van der Waals surface area contributed by atoms with Gasteiger partial charge in [-0.1, -0.05) is 0 Å². The predicted octanol–water partition coefficient (Wildman–Crippen LogP) is 7.94. The summed E-state index contributed by atoms with van der Waals surface area (Å²) in [4.78, 5) is 12.7. The monoisotopic (exact) mass is 386 g/mol. The normalized spacial score (nSPS) is 13.2. The molecule has 0 fully saturated rings. The van der Waals surface area contributed by atoms with E-state index in [1.54, 1.807) is 6.92 Å². The van der Waals surface area contributed by atoms with E-state index in [0.29, 0.717) is 5.57 Å². The maximum atomic E-state index is 12.7. The molecule has 0 bridgehead atoms. The van der Waals surface area contributed by atoms with Crippen molar-refractivity contribution in [2.24, 2.45) is 0 Å². The summed E-state index contributed by atoms with van der Waals surface area (Å²) in [5.74, 6) is -0.125. The van der Waals surface area contributed by atoms with Gasteiger partial charge in [-0.15, -0.1) is 0 Å². The molecule has 0 unspecified atom stereocenters. The second-order valence-electron chi connectivity index (χ2n) is 8.39. The number of hydrogen-bond acceptors (Lipinski definition) is 2. The van der Waals surface area contributed by atoms with Crippen LogP contribution >= 0.6 is 6.83 Å². The van der Waals surface area contributed by atoms with Crippen LogP contribution in [0.1, 0.15) is 105 Å². The van der Waals surface area contributed by atoms with Crippen molar-refractivity contribution in [3.8, 4) is 0 Å². The second-order valence-corrected chi connectivity index (χ2v) is 14.1. The van der Waals surface area contributed by atoms with Crippen LogP contribution in [0.25, 0.3) is 0 Å². The van der Waals surface area contributed by atoms with E-state index in [1.165, 1.54) is 70.6 Å². The number of unbranched alkanes of at least 4 members (excludes halogenated alkanes) is 7. The average Bonchev–Trinajstić information content (AvgIpc) is 2.63. The first-order valence-electron chi connectivity index (χ1n) is 11.3. The Bertz CT molecular complexity index is 378. The summed E-state index contributed by atoms with van der Waals surface area (Å²) < 4.78 is 6.59. The molecule has 0 atom stereocenters. The molecule has 3 heteroatoms. The summed E-state index contributed by atoms with van der Waals surface area (Å²) in [6.45, 7) is 12.2. The SMILES string of the molecule is C=C(C)C(=O)OP(CCCC)(CCCC)(CCCC)CCCCCCC. The Morgan fingerprint density at radius 1 is 0.692 bits per heavy atom. The molecular formula is C23H47O2P. The molecule has 0 aliphatic carbocycles. The molecule has 0 aliphatic rings. The Balaban J connectivity index is 5.65. The van der Waals surface area contributed by atoms with Gasteiger partial charge in [0.2, 0.25) is 0 Å². The van der Waals surface area contributed by atoms with Gasteiger partial charge in [-0.05, 0) is 0 Å². The third-order valence-corrected chi connectivity index (χ3v) is 12.2. The minimum absolute atomic E-state index is 0.125. The third-order valence-electron chi connectivity index (χ3n) is 5.75. The summed E-state index contributed by atoms with van der Waals surface area (Å²) in [7, 11) is 0. The summed E-state index contributed by atoms with van der Waals surface area (Å²) in [5.41, 5.74) is 0.564. The fourth-order valence-corrected chi connectivity index (χ4v) is 10.7. The van der Waals surface area contributed by atoms with Crippen molar-refractivity contribution in [3.63, 3.8) is 0 Å². The zero-order chi connectivity index (χ0) is 19.9. The van der Waals surface area contributed by atoms with E-state index in [2.05, 4.69) is 34.3 Å². The van der Waals surface area contributed by atoms with Crippen molar-refractivity contribution in [1.29, 1.82) is 0 Å². The Morgan fingerprint density at radius 2 is 1.08 bits per heavy atom. The molecule has 0 heterocycles. The van der Waals surface area contributed by atoms with Gasteiger partial charge in [0, 0.05) is 0 Å². The Morgan fingerprint density at radius 3 is 1.46 bits per heavy atom. The van der Waals surface area contributed by atoms with Gasteiger partial charge < -0.3 is 0 Å². The van der Waals surface area contributed by atoms with Crippen molar-refractivity contribution in [3.05, 3.63) is 12.2 Å². The molecule has 0 aromatic carbocycles. The van der Waals surface area contributed by atoms with Crippen LogP contribution in [0.15, 0.2) is 12.2 Å². The van der Waals surface area contributed by atoms with E-state index >= 15 is 0 Å². The molecule has 2 nitrogen and oxygen atoms in total. The Kier molecular flexibility index (Phi) is 13.6. The van der Waals surface area contributed by atoms with Crippen molar-refractivity contribution < 1.29 is 9.32 Å². The van der Waals surface area contributed by atoms with Gasteiger partial charge in [0.1, 0.15) is 0 Å². The summed E-state index contributed by atoms with van der Waals surface area (Å²) in [5, 5.41) is 0. The van der Waals surface area contributed by atoms with Crippen molar-refractivity contribution in [2.45, 2.75) is 105 Å². The van der Waals surface area contributed by atoms with Crippen LogP contribution < -0.4 is 0 Å². The quantitative estimate of drug-likeness (QED) is 0.144. The van der Waals surface area contributed by atoms with Gasteiger partial charge >= 0.3 is 164 Å². The Labute approximate surface area is 164 Å². The zero-order valence-electron chi connectivity index (χ0n) is 18.6. The van der Waals surface area contributed by atoms with E-state index in [9.17, 15) is 4.79 Å². The predicted molar refractivity (Wildman–Crippen MR) is 121 cm³/mol. The molecule has 0 aliphatic heterocycles. The number of hydrogen-bond donors (Lipinski definition) is 0. The van der Waals surface area contributed by atoms with Crippen LogP contribution in [0, 0.1) is 0 Å². The van der Waals surface area contributed by atoms with Gasteiger partial charge in [0.15, 0.2) is 0 Å². The van der Waals surface area contributed by atoms with Crippen LogP contribution in [0.2, 0.25) is 0 Å². The van der Waals surface area contributed by atoms with Gasteiger partial charge in [-0.2, -0.15) is 0 Å². The van der Waals surface area contributed by atoms with E-state index < -0.39 is 6.83 Å². The van der Waals surface area contributed by atoms with Crippen LogP contribution in [0.4, 0.5) is 0 Å². The number of carbonyl (C=O) groups is 1. The Hall–Kier alpha value is -0.360. The van der Waals surface area contributed by atoms with Crippen LogP contribution in [-0.2, 0) is 9.32 Å². The van der Waals surface area contributed by atoms with Crippen LogP contribution in [-0.4, -0.2) is 30.6 Å². The molecule has 0 saturated heterocycles. The molecule has 0 aromatic rings. The van der Waals surface area contributed by atoms with Crippen LogP contribution in [0.3, 0.4) is 0 Å². The van der Waals surface area contributed by atoms with Crippen molar-refractivity contribution in [2.75, 3.05) is 24.6 Å². The van der Waals surface area contributed by atoms with E-state index in [1.807, 2.05) is 0 Å². The fourth-order valence-electron chi connectivity index (χ4n) is 3.96. The van der Waals surface area contributed by atoms with Gasteiger partial charge in [-0.3, -0.25) is 0 Å². The summed E-state index contributed by atoms with van der Waals surface area (Å²) in [6.07, 6.45) is 18.0. The standard InChI is InChI=1S/C23H47O2P/c1-7-11-15-16-17-21-26(18-12-8-2,19-13-9-3,20-14-10-4)25-23(24)22(5)6/h5,7-21H2,1-4,6H3. The second kappa shape index (κ2) is 13.8. The van der Waals surface area contributed by atoms with E-state index in [-0.39, 0.29) is 5.97 Å². The number of carbonyl (C=O) groups excluding carboxylic acids is 1. The molecule has 0 amide bonds. The summed E-state index contributed by atoms with van der Waals surface area (Å²) in [6, 6.07) is 0. The third kappa shape index (κ3) is 9.03. The van der Waals surface area contributed by atoms with Crippen molar-refractivity contribution in [1.82, 2.24) is 0 Å². The molecule has 0 rings (SSSR count). The molecule has 0 saturated carbocycles. The average molecular weight is 387 g/mol. The minimum atomic E-state index is -2.50. The molecule has 0 aromatic heterocycles. The topological polar surface area (TPSA) is 26.3 Å². The van der Waals surface area contributed by atoms with Crippen LogP contribution in [0.5, 0.6) is 0 Å². The first-order valence-corrected chi connectivity index (χ1v) is 14.2.